The Hall–Kier alpha value is -1.39. The monoisotopic (exact) mass is 317 g/mol. The lowest BCUT2D eigenvalue weighted by Crippen LogP contribution is -2.52. The number of likely N-dealkylation sites (tertiary alicyclic amines) is 1. The minimum absolute atomic E-state index is 0.156. The largest absolute Gasteiger partial charge is 0.342 e. The summed E-state index contributed by atoms with van der Waals surface area (Å²) in [6.07, 6.45) is 1.05. The van der Waals surface area contributed by atoms with Gasteiger partial charge in [-0.25, -0.2) is 0 Å². The zero-order chi connectivity index (χ0) is 17.0. The van der Waals surface area contributed by atoms with Gasteiger partial charge in [0.25, 0.3) is 0 Å². The average molecular weight is 317 g/mol. The first-order chi connectivity index (χ1) is 11.0. The fourth-order valence-electron chi connectivity index (χ4n) is 3.68. The summed E-state index contributed by atoms with van der Waals surface area (Å²) in [7, 11) is 1.94. The zero-order valence-electron chi connectivity index (χ0n) is 14.9. The number of nitrogens with zero attached hydrogens (tertiary/aromatic N) is 2. The van der Waals surface area contributed by atoms with Crippen LogP contribution in [0.3, 0.4) is 0 Å². The lowest BCUT2D eigenvalue weighted by Gasteiger charge is -2.42. The van der Waals surface area contributed by atoms with Crippen molar-refractivity contribution in [1.29, 1.82) is 0 Å². The van der Waals surface area contributed by atoms with Crippen molar-refractivity contribution in [3.63, 3.8) is 0 Å². The SMILES string of the molecule is CCN1CCC(N(C)C(=O)C(C)C(N)c2ccccc2)C(C)C1. The van der Waals surface area contributed by atoms with Gasteiger partial charge >= 0.3 is 0 Å². The van der Waals surface area contributed by atoms with Crippen molar-refractivity contribution >= 4 is 5.91 Å². The van der Waals surface area contributed by atoms with Gasteiger partial charge in [0.2, 0.25) is 5.91 Å². The van der Waals surface area contributed by atoms with Crippen LogP contribution in [0.15, 0.2) is 30.3 Å². The summed E-state index contributed by atoms with van der Waals surface area (Å²) in [5.41, 5.74) is 7.35. The number of carbonyl (C=O) groups is 1. The predicted molar refractivity (Wildman–Crippen MR) is 95.0 cm³/mol. The van der Waals surface area contributed by atoms with Crippen LogP contribution >= 0.6 is 0 Å². The molecule has 2 N–H and O–H groups in total. The number of hydrogen-bond donors (Lipinski definition) is 1. The molecule has 4 heteroatoms. The van der Waals surface area contributed by atoms with Crippen LogP contribution in [0.1, 0.15) is 38.8 Å². The van der Waals surface area contributed by atoms with Crippen molar-refractivity contribution in [2.45, 2.75) is 39.3 Å². The van der Waals surface area contributed by atoms with Gasteiger partial charge < -0.3 is 15.5 Å². The normalized spacial score (nSPS) is 24.9. The molecule has 1 aromatic rings. The molecule has 1 heterocycles. The first kappa shape index (κ1) is 18.0. The molecule has 0 saturated carbocycles. The third kappa shape index (κ3) is 4.12. The van der Waals surface area contributed by atoms with E-state index >= 15 is 0 Å². The summed E-state index contributed by atoms with van der Waals surface area (Å²) in [4.78, 5) is 17.3. The summed E-state index contributed by atoms with van der Waals surface area (Å²) < 4.78 is 0. The molecular weight excluding hydrogens is 286 g/mol. The van der Waals surface area contributed by atoms with Gasteiger partial charge in [-0.1, -0.05) is 51.1 Å². The van der Waals surface area contributed by atoms with E-state index in [1.807, 2.05) is 49.2 Å². The van der Waals surface area contributed by atoms with Gasteiger partial charge in [0.1, 0.15) is 0 Å². The quantitative estimate of drug-likeness (QED) is 0.908. The van der Waals surface area contributed by atoms with Crippen molar-refractivity contribution in [2.75, 3.05) is 26.7 Å². The Labute approximate surface area is 140 Å². The van der Waals surface area contributed by atoms with Gasteiger partial charge in [0.15, 0.2) is 0 Å². The van der Waals surface area contributed by atoms with Crippen molar-refractivity contribution in [1.82, 2.24) is 9.80 Å². The number of carbonyl (C=O) groups excluding carboxylic acids is 1. The van der Waals surface area contributed by atoms with Crippen molar-refractivity contribution in [3.05, 3.63) is 35.9 Å². The Kier molecular flexibility index (Phi) is 6.19. The molecule has 1 amide bonds. The molecule has 1 aromatic carbocycles. The van der Waals surface area contributed by atoms with Gasteiger partial charge in [-0.15, -0.1) is 0 Å². The van der Waals surface area contributed by atoms with E-state index in [4.69, 9.17) is 5.73 Å². The molecule has 1 aliphatic rings. The van der Waals surface area contributed by atoms with E-state index in [1.165, 1.54) is 0 Å². The van der Waals surface area contributed by atoms with Crippen molar-refractivity contribution in [3.8, 4) is 0 Å². The highest BCUT2D eigenvalue weighted by molar-refractivity contribution is 5.79. The average Bonchev–Trinajstić information content (AvgIpc) is 2.59. The standard InChI is InChI=1S/C19H31N3O/c1-5-22-12-11-17(14(2)13-22)21(4)19(23)15(3)18(20)16-9-7-6-8-10-16/h6-10,14-15,17-18H,5,11-13,20H2,1-4H3. The molecule has 2 rings (SSSR count). The van der Waals surface area contributed by atoms with Crippen LogP contribution < -0.4 is 5.73 Å². The molecule has 1 aliphatic heterocycles. The summed E-state index contributed by atoms with van der Waals surface area (Å²) in [5.74, 6) is 0.444. The Morgan fingerprint density at radius 2 is 2.04 bits per heavy atom. The van der Waals surface area contributed by atoms with E-state index in [0.717, 1.165) is 31.6 Å². The second-order valence-electron chi connectivity index (χ2n) is 6.90. The molecule has 0 bridgehead atoms. The van der Waals surface area contributed by atoms with Gasteiger partial charge in [0.05, 0.1) is 5.92 Å². The molecule has 4 nitrogen and oxygen atoms in total. The lowest BCUT2D eigenvalue weighted by atomic mass is 9.89. The fraction of sp³-hybridized carbons (Fsp3) is 0.632. The third-order valence-corrected chi connectivity index (χ3v) is 5.35. The minimum atomic E-state index is -0.253. The van der Waals surface area contributed by atoms with Gasteiger partial charge in [0, 0.05) is 32.2 Å². The smallest absolute Gasteiger partial charge is 0.227 e. The molecule has 0 radical (unpaired) electrons. The summed E-state index contributed by atoms with van der Waals surface area (Å²) in [6, 6.07) is 9.97. The van der Waals surface area contributed by atoms with E-state index < -0.39 is 0 Å². The molecule has 4 atom stereocenters. The van der Waals surface area contributed by atoms with Crippen LogP contribution in [-0.2, 0) is 4.79 Å². The maximum atomic E-state index is 12.9. The fourth-order valence-corrected chi connectivity index (χ4v) is 3.68. The van der Waals surface area contributed by atoms with Crippen LogP contribution in [0.2, 0.25) is 0 Å². The Bertz CT molecular complexity index is 505. The molecule has 0 aliphatic carbocycles. The van der Waals surface area contributed by atoms with Crippen LogP contribution in [-0.4, -0.2) is 48.4 Å². The summed E-state index contributed by atoms with van der Waals surface area (Å²) in [6.45, 7) is 9.62. The third-order valence-electron chi connectivity index (χ3n) is 5.35. The second-order valence-corrected chi connectivity index (χ2v) is 6.90. The topological polar surface area (TPSA) is 49.6 Å². The Morgan fingerprint density at radius 1 is 1.39 bits per heavy atom. The van der Waals surface area contributed by atoms with Gasteiger partial charge in [-0.05, 0) is 24.4 Å². The lowest BCUT2D eigenvalue weighted by molar-refractivity contribution is -0.138. The van der Waals surface area contributed by atoms with E-state index in [1.54, 1.807) is 0 Å². The van der Waals surface area contributed by atoms with Crippen LogP contribution in [0, 0.1) is 11.8 Å². The van der Waals surface area contributed by atoms with E-state index in [0.29, 0.717) is 12.0 Å². The molecule has 23 heavy (non-hydrogen) atoms. The molecular formula is C19H31N3O. The number of rotatable bonds is 5. The van der Waals surface area contributed by atoms with Crippen LogP contribution in [0.5, 0.6) is 0 Å². The van der Waals surface area contributed by atoms with Crippen LogP contribution in [0.4, 0.5) is 0 Å². The van der Waals surface area contributed by atoms with Crippen molar-refractivity contribution in [2.24, 2.45) is 17.6 Å². The molecule has 4 unspecified atom stereocenters. The molecule has 128 valence electrons. The zero-order valence-corrected chi connectivity index (χ0v) is 14.9. The maximum Gasteiger partial charge on any atom is 0.227 e. The second kappa shape index (κ2) is 7.93. The number of hydrogen-bond acceptors (Lipinski definition) is 3. The first-order valence-electron chi connectivity index (χ1n) is 8.75. The van der Waals surface area contributed by atoms with Crippen LogP contribution in [0.25, 0.3) is 0 Å². The highest BCUT2D eigenvalue weighted by Gasteiger charge is 2.33. The summed E-state index contributed by atoms with van der Waals surface area (Å²) in [5, 5.41) is 0. The maximum absolute atomic E-state index is 12.9. The summed E-state index contributed by atoms with van der Waals surface area (Å²) >= 11 is 0. The van der Waals surface area contributed by atoms with E-state index in [-0.39, 0.29) is 17.9 Å². The number of amides is 1. The molecule has 1 saturated heterocycles. The van der Waals surface area contributed by atoms with Crippen molar-refractivity contribution < 1.29 is 4.79 Å². The predicted octanol–water partition coefficient (Wildman–Crippen LogP) is 2.51. The molecule has 0 spiro atoms. The number of piperidine rings is 1. The van der Waals surface area contributed by atoms with E-state index in [2.05, 4.69) is 18.7 Å². The molecule has 0 aromatic heterocycles. The highest BCUT2D eigenvalue weighted by atomic mass is 16.2. The minimum Gasteiger partial charge on any atom is -0.342 e. The number of benzene rings is 1. The van der Waals surface area contributed by atoms with Gasteiger partial charge in [-0.2, -0.15) is 0 Å². The first-order valence-corrected chi connectivity index (χ1v) is 8.75. The number of nitrogens with two attached hydrogens (primary N) is 1. The van der Waals surface area contributed by atoms with Gasteiger partial charge in [-0.3, -0.25) is 4.79 Å². The Morgan fingerprint density at radius 3 is 2.61 bits per heavy atom. The highest BCUT2D eigenvalue weighted by Crippen LogP contribution is 2.26. The Balaban J connectivity index is 2.01. The molecule has 1 fully saturated rings. The van der Waals surface area contributed by atoms with E-state index in [9.17, 15) is 4.79 Å².